The summed E-state index contributed by atoms with van der Waals surface area (Å²) in [6.07, 6.45) is -1.54. The summed E-state index contributed by atoms with van der Waals surface area (Å²) in [6.45, 7) is 6.82. The van der Waals surface area contributed by atoms with E-state index in [9.17, 15) is 22.8 Å². The molecular weight excluding hydrogens is 515 g/mol. The first-order valence-electron chi connectivity index (χ1n) is 12.9. The summed E-state index contributed by atoms with van der Waals surface area (Å²) in [5, 5.41) is 10.5. The van der Waals surface area contributed by atoms with E-state index in [1.165, 1.54) is 17.5 Å². The third-order valence-corrected chi connectivity index (χ3v) is 6.97. The van der Waals surface area contributed by atoms with E-state index in [0.717, 1.165) is 17.7 Å². The maximum atomic E-state index is 13.7. The Bertz CT molecular complexity index is 1490. The molecule has 2 N–H and O–H groups in total. The van der Waals surface area contributed by atoms with Crippen LogP contribution in [0.2, 0.25) is 0 Å². The highest BCUT2D eigenvalue weighted by molar-refractivity contribution is 5.91. The molecule has 1 saturated heterocycles. The number of benzene rings is 1. The number of aromatic nitrogens is 4. The smallest absolute Gasteiger partial charge is 0.377 e. The van der Waals surface area contributed by atoms with Gasteiger partial charge in [0.1, 0.15) is 12.2 Å². The Kier molecular flexibility index (Phi) is 7.45. The molecule has 0 atom stereocenters. The number of hydrogen-bond donors (Lipinski definition) is 2. The second-order valence-corrected chi connectivity index (χ2v) is 9.55. The molecule has 2 aliphatic heterocycles. The normalized spacial score (nSPS) is 16.4. The topological polar surface area (TPSA) is 106 Å². The predicted molar refractivity (Wildman–Crippen MR) is 140 cm³/mol. The van der Waals surface area contributed by atoms with Crippen molar-refractivity contribution in [2.24, 2.45) is 0 Å². The number of fused-ring (bicyclic) bond motifs is 1. The molecule has 1 amide bonds. The van der Waals surface area contributed by atoms with Crippen LogP contribution < -0.4 is 21.1 Å². The number of alkyl halides is 3. The molecule has 0 aliphatic carbocycles. The molecule has 10 nitrogen and oxygen atoms in total. The lowest BCUT2D eigenvalue weighted by atomic mass is 10.1. The van der Waals surface area contributed by atoms with Crippen LogP contribution in [0, 0.1) is 6.92 Å². The van der Waals surface area contributed by atoms with E-state index in [2.05, 4.69) is 20.7 Å². The largest absolute Gasteiger partial charge is 0.416 e. The average Bonchev–Trinajstić information content (AvgIpc) is 3.38. The fourth-order valence-electron chi connectivity index (χ4n) is 5.00. The average molecular weight is 546 g/mol. The fourth-order valence-corrected chi connectivity index (χ4v) is 5.00. The highest BCUT2D eigenvalue weighted by Crippen LogP contribution is 2.31. The molecule has 0 bridgehead atoms. The summed E-state index contributed by atoms with van der Waals surface area (Å²) in [7, 11) is 0. The Balaban J connectivity index is 1.56. The highest BCUT2D eigenvalue weighted by atomic mass is 19.4. The zero-order chi connectivity index (χ0) is 27.7. The SMILES string of the molecule is CCc1c(N2CCNCC2)c(=O)n2nc(C3=CCOCC3)nc2n1CC(=O)Nc1ccc(C(F)(F)F)cc1C. The molecule has 3 aromatic rings. The maximum Gasteiger partial charge on any atom is 0.416 e. The molecule has 0 spiro atoms. The van der Waals surface area contributed by atoms with Crippen LogP contribution in [0.3, 0.4) is 0 Å². The molecule has 0 unspecified atom stereocenters. The summed E-state index contributed by atoms with van der Waals surface area (Å²) in [5.41, 5.74) is 1.47. The minimum absolute atomic E-state index is 0.202. The second-order valence-electron chi connectivity index (χ2n) is 9.55. The van der Waals surface area contributed by atoms with Crippen LogP contribution in [0.25, 0.3) is 11.4 Å². The number of hydrogen-bond acceptors (Lipinski definition) is 7. The van der Waals surface area contributed by atoms with Gasteiger partial charge in [-0.05, 0) is 49.1 Å². The van der Waals surface area contributed by atoms with E-state index in [-0.39, 0.29) is 29.1 Å². The molecule has 2 aromatic heterocycles. The van der Waals surface area contributed by atoms with E-state index in [1.54, 1.807) is 4.57 Å². The van der Waals surface area contributed by atoms with Crippen molar-refractivity contribution < 1.29 is 22.7 Å². The van der Waals surface area contributed by atoms with Gasteiger partial charge in [0, 0.05) is 31.9 Å². The number of nitrogens with zero attached hydrogens (tertiary/aromatic N) is 5. The first-order valence-corrected chi connectivity index (χ1v) is 12.9. The van der Waals surface area contributed by atoms with Crippen molar-refractivity contribution in [2.45, 2.75) is 39.4 Å². The fraction of sp³-hybridized carbons (Fsp3) is 0.462. The molecule has 1 aromatic carbocycles. The summed E-state index contributed by atoms with van der Waals surface area (Å²) < 4.78 is 47.6. The zero-order valence-electron chi connectivity index (χ0n) is 21.8. The van der Waals surface area contributed by atoms with Crippen LogP contribution in [-0.4, -0.2) is 64.5 Å². The Morgan fingerprint density at radius 1 is 1.23 bits per heavy atom. The van der Waals surface area contributed by atoms with Crippen molar-refractivity contribution in [3.05, 3.63) is 57.3 Å². The quantitative estimate of drug-likeness (QED) is 0.491. The Morgan fingerprint density at radius 3 is 2.64 bits per heavy atom. The Morgan fingerprint density at radius 2 is 2.00 bits per heavy atom. The summed E-state index contributed by atoms with van der Waals surface area (Å²) in [4.78, 5) is 33.7. The molecular formula is C26H30F3N7O3. The zero-order valence-corrected chi connectivity index (χ0v) is 21.8. The number of piperazine rings is 1. The maximum absolute atomic E-state index is 13.7. The van der Waals surface area contributed by atoms with Crippen LogP contribution in [0.1, 0.15) is 36.0 Å². The molecule has 2 aliphatic rings. The van der Waals surface area contributed by atoms with Gasteiger partial charge in [0.05, 0.1) is 24.5 Å². The van der Waals surface area contributed by atoms with Crippen molar-refractivity contribution in [2.75, 3.05) is 49.6 Å². The van der Waals surface area contributed by atoms with Gasteiger partial charge < -0.3 is 24.8 Å². The molecule has 13 heteroatoms. The molecule has 4 heterocycles. The van der Waals surface area contributed by atoms with Crippen molar-refractivity contribution >= 4 is 28.6 Å². The number of rotatable bonds is 6. The number of amides is 1. The molecule has 1 fully saturated rings. The van der Waals surface area contributed by atoms with Gasteiger partial charge >= 0.3 is 6.18 Å². The first kappa shape index (κ1) is 26.9. The van der Waals surface area contributed by atoms with E-state index in [0.29, 0.717) is 69.4 Å². The highest BCUT2D eigenvalue weighted by Gasteiger charge is 2.31. The van der Waals surface area contributed by atoms with Gasteiger partial charge in [0.2, 0.25) is 11.7 Å². The summed E-state index contributed by atoms with van der Waals surface area (Å²) in [6, 6.07) is 3.18. The molecule has 208 valence electrons. The summed E-state index contributed by atoms with van der Waals surface area (Å²) in [5.74, 6) is 0.180. The van der Waals surface area contributed by atoms with Gasteiger partial charge in [-0.1, -0.05) is 13.0 Å². The van der Waals surface area contributed by atoms with Crippen LogP contribution >= 0.6 is 0 Å². The third-order valence-electron chi connectivity index (χ3n) is 6.97. The number of carbonyl (C=O) groups excluding carboxylic acids is 1. The van der Waals surface area contributed by atoms with E-state index >= 15 is 0 Å². The van der Waals surface area contributed by atoms with Crippen molar-refractivity contribution in [1.82, 2.24) is 24.5 Å². The molecule has 0 saturated carbocycles. The summed E-state index contributed by atoms with van der Waals surface area (Å²) >= 11 is 0. The van der Waals surface area contributed by atoms with E-state index < -0.39 is 17.6 Å². The third kappa shape index (κ3) is 5.41. The monoisotopic (exact) mass is 545 g/mol. The first-order chi connectivity index (χ1) is 18.7. The molecule has 5 rings (SSSR count). The predicted octanol–water partition coefficient (Wildman–Crippen LogP) is 2.63. The lowest BCUT2D eigenvalue weighted by Crippen LogP contribution is -2.47. The number of carbonyl (C=O) groups is 1. The van der Waals surface area contributed by atoms with Crippen LogP contribution in [0.4, 0.5) is 24.5 Å². The van der Waals surface area contributed by atoms with Crippen LogP contribution in [-0.2, 0) is 28.7 Å². The van der Waals surface area contributed by atoms with Gasteiger partial charge in [0.15, 0.2) is 5.82 Å². The lowest BCUT2D eigenvalue weighted by molar-refractivity contribution is -0.137. The number of anilines is 2. The second kappa shape index (κ2) is 10.8. The number of ether oxygens (including phenoxy) is 1. The van der Waals surface area contributed by atoms with Gasteiger partial charge in [0.25, 0.3) is 5.56 Å². The van der Waals surface area contributed by atoms with E-state index in [4.69, 9.17) is 4.74 Å². The Hall–Kier alpha value is -3.71. The number of aryl methyl sites for hydroxylation is 1. The number of nitrogens with one attached hydrogen (secondary N) is 2. The van der Waals surface area contributed by atoms with Crippen molar-refractivity contribution in [1.29, 1.82) is 0 Å². The van der Waals surface area contributed by atoms with Crippen LogP contribution in [0.15, 0.2) is 29.1 Å². The van der Waals surface area contributed by atoms with Gasteiger partial charge in [-0.2, -0.15) is 22.7 Å². The molecule has 39 heavy (non-hydrogen) atoms. The Labute approximate surface area is 222 Å². The van der Waals surface area contributed by atoms with Gasteiger partial charge in [-0.25, -0.2) is 0 Å². The molecule has 0 radical (unpaired) electrons. The minimum atomic E-state index is -4.48. The van der Waals surface area contributed by atoms with Crippen molar-refractivity contribution in [3.8, 4) is 0 Å². The van der Waals surface area contributed by atoms with E-state index in [1.807, 2.05) is 17.9 Å². The van der Waals surface area contributed by atoms with Crippen LogP contribution in [0.5, 0.6) is 0 Å². The minimum Gasteiger partial charge on any atom is -0.377 e. The number of halogens is 3. The van der Waals surface area contributed by atoms with Gasteiger partial charge in [-0.3, -0.25) is 9.59 Å². The van der Waals surface area contributed by atoms with Crippen molar-refractivity contribution in [3.63, 3.8) is 0 Å². The lowest BCUT2D eigenvalue weighted by Gasteiger charge is -2.31. The van der Waals surface area contributed by atoms with Gasteiger partial charge in [-0.15, -0.1) is 5.10 Å². The standard InChI is InChI=1S/C26H30F3N7O3/c1-3-20-22(34-10-8-30-9-11-34)24(38)36-25(32-23(33-36)17-6-12-39-13-7-17)35(20)15-21(37)31-19-5-4-18(14-16(19)2)26(27,28)29/h4-6,14,30H,3,7-13,15H2,1-2H3,(H,31,37).